The summed E-state index contributed by atoms with van der Waals surface area (Å²) in [5.74, 6) is 1.94. The highest BCUT2D eigenvalue weighted by Crippen LogP contribution is 2.47. The molecular weight excluding hydrogens is 290 g/mol. The van der Waals surface area contributed by atoms with Crippen LogP contribution in [-0.4, -0.2) is 20.1 Å². The van der Waals surface area contributed by atoms with E-state index in [0.717, 1.165) is 12.0 Å². The zero-order valence-corrected chi connectivity index (χ0v) is 13.4. The van der Waals surface area contributed by atoms with Crippen molar-refractivity contribution in [1.82, 2.24) is 5.32 Å². The third kappa shape index (κ3) is 3.47. The van der Waals surface area contributed by atoms with Crippen molar-refractivity contribution in [2.75, 3.05) is 14.2 Å². The Morgan fingerprint density at radius 1 is 1.09 bits per heavy atom. The van der Waals surface area contributed by atoms with Gasteiger partial charge in [0, 0.05) is 12.5 Å². The molecule has 2 aromatic rings. The Labute approximate surface area is 136 Å². The second-order valence-electron chi connectivity index (χ2n) is 5.77. The molecule has 4 heteroatoms. The molecular formula is C19H21NO3. The van der Waals surface area contributed by atoms with E-state index in [9.17, 15) is 4.79 Å². The van der Waals surface area contributed by atoms with Crippen LogP contribution in [0, 0.1) is 5.92 Å². The number of rotatable bonds is 6. The lowest BCUT2D eigenvalue weighted by Crippen LogP contribution is -2.24. The number of ether oxygens (including phenoxy) is 2. The fourth-order valence-corrected chi connectivity index (χ4v) is 2.86. The van der Waals surface area contributed by atoms with Crippen molar-refractivity contribution in [2.24, 2.45) is 5.92 Å². The maximum absolute atomic E-state index is 12.3. The van der Waals surface area contributed by atoms with Crippen LogP contribution >= 0.6 is 0 Å². The molecule has 1 aliphatic rings. The van der Waals surface area contributed by atoms with Gasteiger partial charge in [-0.3, -0.25) is 4.79 Å². The maximum Gasteiger partial charge on any atom is 0.224 e. The lowest BCUT2D eigenvalue weighted by atomic mass is 10.1. The van der Waals surface area contributed by atoms with E-state index in [1.54, 1.807) is 14.2 Å². The van der Waals surface area contributed by atoms with E-state index in [1.807, 2.05) is 36.4 Å². The van der Waals surface area contributed by atoms with Crippen LogP contribution in [0.3, 0.4) is 0 Å². The van der Waals surface area contributed by atoms with Gasteiger partial charge in [-0.15, -0.1) is 0 Å². The molecule has 0 saturated heterocycles. The fraction of sp³-hybridized carbons (Fsp3) is 0.316. The van der Waals surface area contributed by atoms with Crippen LogP contribution in [0.2, 0.25) is 0 Å². The molecule has 0 spiro atoms. The van der Waals surface area contributed by atoms with Gasteiger partial charge in [-0.1, -0.05) is 36.4 Å². The SMILES string of the molecule is COc1ccc(CNC(=O)C2CC2c2ccccc2)cc1OC. The Balaban J connectivity index is 1.56. The molecule has 1 N–H and O–H groups in total. The third-order valence-electron chi connectivity index (χ3n) is 4.27. The van der Waals surface area contributed by atoms with E-state index in [4.69, 9.17) is 9.47 Å². The van der Waals surface area contributed by atoms with Crippen LogP contribution in [0.25, 0.3) is 0 Å². The lowest BCUT2D eigenvalue weighted by molar-refractivity contribution is -0.122. The number of carbonyl (C=O) groups excluding carboxylic acids is 1. The minimum absolute atomic E-state index is 0.0949. The van der Waals surface area contributed by atoms with Crippen molar-refractivity contribution >= 4 is 5.91 Å². The van der Waals surface area contributed by atoms with Crippen molar-refractivity contribution < 1.29 is 14.3 Å². The number of hydrogen-bond acceptors (Lipinski definition) is 3. The van der Waals surface area contributed by atoms with Gasteiger partial charge >= 0.3 is 0 Å². The summed E-state index contributed by atoms with van der Waals surface area (Å²) in [6.45, 7) is 0.497. The average molecular weight is 311 g/mol. The summed E-state index contributed by atoms with van der Waals surface area (Å²) in [5.41, 5.74) is 2.24. The summed E-state index contributed by atoms with van der Waals surface area (Å²) in [7, 11) is 3.21. The molecule has 4 nitrogen and oxygen atoms in total. The summed E-state index contributed by atoms with van der Waals surface area (Å²) in [5, 5.41) is 3.01. The number of hydrogen-bond donors (Lipinski definition) is 1. The van der Waals surface area contributed by atoms with Crippen LogP contribution < -0.4 is 14.8 Å². The molecule has 0 aromatic heterocycles. The Bertz CT molecular complexity index is 684. The first-order valence-electron chi connectivity index (χ1n) is 7.76. The van der Waals surface area contributed by atoms with E-state index < -0.39 is 0 Å². The predicted octanol–water partition coefficient (Wildman–Crippen LogP) is 3.12. The Hall–Kier alpha value is -2.49. The highest BCUT2D eigenvalue weighted by molar-refractivity contribution is 5.82. The zero-order valence-electron chi connectivity index (χ0n) is 13.4. The molecule has 2 atom stereocenters. The van der Waals surface area contributed by atoms with Crippen molar-refractivity contribution in [2.45, 2.75) is 18.9 Å². The molecule has 1 fully saturated rings. The smallest absolute Gasteiger partial charge is 0.224 e. The average Bonchev–Trinajstić information content (AvgIpc) is 3.41. The number of benzene rings is 2. The molecule has 0 aliphatic heterocycles. The largest absolute Gasteiger partial charge is 0.493 e. The monoisotopic (exact) mass is 311 g/mol. The topological polar surface area (TPSA) is 47.6 Å². The number of carbonyl (C=O) groups is 1. The van der Waals surface area contributed by atoms with E-state index in [0.29, 0.717) is 24.0 Å². The summed E-state index contributed by atoms with van der Waals surface area (Å²) in [6.07, 6.45) is 0.932. The first kappa shape index (κ1) is 15.4. The second-order valence-corrected chi connectivity index (χ2v) is 5.77. The maximum atomic E-state index is 12.3. The Kier molecular flexibility index (Phi) is 4.51. The van der Waals surface area contributed by atoms with Crippen molar-refractivity contribution in [3.05, 3.63) is 59.7 Å². The molecule has 0 radical (unpaired) electrons. The Morgan fingerprint density at radius 3 is 2.52 bits per heavy atom. The lowest BCUT2D eigenvalue weighted by Gasteiger charge is -2.10. The predicted molar refractivity (Wildman–Crippen MR) is 88.7 cm³/mol. The summed E-state index contributed by atoms with van der Waals surface area (Å²) in [4.78, 5) is 12.3. The van der Waals surface area contributed by atoms with E-state index in [-0.39, 0.29) is 11.8 Å². The molecule has 23 heavy (non-hydrogen) atoms. The van der Waals surface area contributed by atoms with Crippen molar-refractivity contribution in [1.29, 1.82) is 0 Å². The van der Waals surface area contributed by atoms with Gasteiger partial charge in [0.05, 0.1) is 14.2 Å². The van der Waals surface area contributed by atoms with Gasteiger partial charge in [-0.05, 0) is 35.6 Å². The number of amides is 1. The van der Waals surface area contributed by atoms with Crippen LogP contribution in [0.1, 0.15) is 23.5 Å². The highest BCUT2D eigenvalue weighted by Gasteiger charge is 2.43. The van der Waals surface area contributed by atoms with Gasteiger partial charge in [0.25, 0.3) is 0 Å². The summed E-state index contributed by atoms with van der Waals surface area (Å²) >= 11 is 0. The molecule has 1 saturated carbocycles. The van der Waals surface area contributed by atoms with Crippen LogP contribution in [0.5, 0.6) is 11.5 Å². The minimum atomic E-state index is 0.0949. The Morgan fingerprint density at radius 2 is 1.83 bits per heavy atom. The van der Waals surface area contributed by atoms with E-state index in [1.165, 1.54) is 5.56 Å². The van der Waals surface area contributed by atoms with E-state index >= 15 is 0 Å². The standard InChI is InChI=1S/C19H21NO3/c1-22-17-9-8-13(10-18(17)23-2)12-20-19(21)16-11-15(16)14-6-4-3-5-7-14/h3-10,15-16H,11-12H2,1-2H3,(H,20,21). The van der Waals surface area contributed by atoms with Gasteiger partial charge in [0.2, 0.25) is 5.91 Å². The summed E-state index contributed by atoms with van der Waals surface area (Å²) < 4.78 is 10.5. The van der Waals surface area contributed by atoms with Crippen LogP contribution in [0.15, 0.2) is 48.5 Å². The molecule has 2 aromatic carbocycles. The fourth-order valence-electron chi connectivity index (χ4n) is 2.86. The molecule has 0 bridgehead atoms. The van der Waals surface area contributed by atoms with Crippen LogP contribution in [0.4, 0.5) is 0 Å². The summed E-state index contributed by atoms with van der Waals surface area (Å²) in [6, 6.07) is 15.9. The first-order valence-corrected chi connectivity index (χ1v) is 7.76. The minimum Gasteiger partial charge on any atom is -0.493 e. The van der Waals surface area contributed by atoms with Crippen molar-refractivity contribution in [3.8, 4) is 11.5 Å². The quantitative estimate of drug-likeness (QED) is 0.891. The molecule has 120 valence electrons. The van der Waals surface area contributed by atoms with Gasteiger partial charge in [0.1, 0.15) is 0 Å². The molecule has 1 amide bonds. The first-order chi connectivity index (χ1) is 11.2. The van der Waals surface area contributed by atoms with E-state index in [2.05, 4.69) is 17.4 Å². The molecule has 2 unspecified atom stereocenters. The highest BCUT2D eigenvalue weighted by atomic mass is 16.5. The second kappa shape index (κ2) is 6.73. The normalized spacial score (nSPS) is 19.0. The van der Waals surface area contributed by atoms with Gasteiger partial charge in [0.15, 0.2) is 11.5 Å². The molecule has 0 heterocycles. The molecule has 3 rings (SSSR count). The van der Waals surface area contributed by atoms with Gasteiger partial charge < -0.3 is 14.8 Å². The third-order valence-corrected chi connectivity index (χ3v) is 4.27. The number of methoxy groups -OCH3 is 2. The van der Waals surface area contributed by atoms with Gasteiger partial charge in [-0.2, -0.15) is 0 Å². The van der Waals surface area contributed by atoms with Gasteiger partial charge in [-0.25, -0.2) is 0 Å². The molecule has 1 aliphatic carbocycles. The van der Waals surface area contributed by atoms with Crippen LogP contribution in [-0.2, 0) is 11.3 Å². The van der Waals surface area contributed by atoms with Crippen molar-refractivity contribution in [3.63, 3.8) is 0 Å². The zero-order chi connectivity index (χ0) is 16.2. The number of nitrogens with one attached hydrogen (secondary N) is 1.